The lowest BCUT2D eigenvalue weighted by Gasteiger charge is -2.05. The molecule has 84 valence electrons. The third kappa shape index (κ3) is 1.70. The fourth-order valence-corrected chi connectivity index (χ4v) is 2.22. The highest BCUT2D eigenvalue weighted by Gasteiger charge is 2.15. The molecule has 0 spiro atoms. The first-order valence-electron chi connectivity index (χ1n) is 4.43. The quantitative estimate of drug-likeness (QED) is 0.822. The Morgan fingerprint density at radius 1 is 1.44 bits per heavy atom. The first-order valence-corrected chi connectivity index (χ1v) is 5.60. The molecule has 1 aromatic heterocycles. The smallest absolute Gasteiger partial charge is 0.156 e. The van der Waals surface area contributed by atoms with Gasteiger partial charge in [-0.05, 0) is 22.0 Å². The molecule has 0 saturated heterocycles. The molecule has 2 rings (SSSR count). The zero-order valence-electron chi connectivity index (χ0n) is 8.34. The van der Waals surface area contributed by atoms with Crippen molar-refractivity contribution in [3.05, 3.63) is 33.6 Å². The second-order valence-electron chi connectivity index (χ2n) is 3.29. The van der Waals surface area contributed by atoms with Gasteiger partial charge in [-0.2, -0.15) is 5.10 Å². The molecule has 6 heteroatoms. The molecule has 0 amide bonds. The topological polar surface area (TPSA) is 43.8 Å². The van der Waals surface area contributed by atoms with E-state index in [-0.39, 0.29) is 5.02 Å². The van der Waals surface area contributed by atoms with Gasteiger partial charge >= 0.3 is 0 Å². The van der Waals surface area contributed by atoms with Crippen LogP contribution in [0.2, 0.25) is 5.02 Å². The first-order chi connectivity index (χ1) is 7.52. The molecule has 0 unspecified atom stereocenters. The highest BCUT2D eigenvalue weighted by atomic mass is 79.9. The van der Waals surface area contributed by atoms with Crippen molar-refractivity contribution in [1.29, 1.82) is 0 Å². The Kier molecular flexibility index (Phi) is 2.90. The zero-order valence-corrected chi connectivity index (χ0v) is 10.7. The Bertz CT molecular complexity index is 553. The van der Waals surface area contributed by atoms with E-state index in [1.165, 1.54) is 10.7 Å². The van der Waals surface area contributed by atoms with Crippen molar-refractivity contribution in [2.45, 2.75) is 0 Å². The molecule has 0 aliphatic carbocycles. The molecular weight excluding hydrogens is 296 g/mol. The molecule has 0 atom stereocenters. The normalized spacial score (nSPS) is 10.8. The fourth-order valence-electron chi connectivity index (χ4n) is 1.39. The van der Waals surface area contributed by atoms with E-state index in [9.17, 15) is 4.39 Å². The molecule has 0 aliphatic heterocycles. The summed E-state index contributed by atoms with van der Waals surface area (Å²) < 4.78 is 15.4. The van der Waals surface area contributed by atoms with Crippen LogP contribution in [0.15, 0.2) is 22.8 Å². The molecule has 0 aliphatic rings. The Morgan fingerprint density at radius 2 is 2.12 bits per heavy atom. The lowest BCUT2D eigenvalue weighted by atomic mass is 10.1. The van der Waals surface area contributed by atoms with Crippen LogP contribution < -0.4 is 5.73 Å². The average Bonchev–Trinajstić information content (AvgIpc) is 2.58. The Hall–Kier alpha value is -1.07. The van der Waals surface area contributed by atoms with E-state index in [1.807, 2.05) is 0 Å². The van der Waals surface area contributed by atoms with Crippen LogP contribution in [0.5, 0.6) is 0 Å². The predicted molar refractivity (Wildman–Crippen MR) is 65.7 cm³/mol. The van der Waals surface area contributed by atoms with Crippen LogP contribution in [0.25, 0.3) is 11.1 Å². The van der Waals surface area contributed by atoms with Crippen LogP contribution in [-0.4, -0.2) is 9.78 Å². The number of nitrogens with zero attached hydrogens (tertiary/aromatic N) is 2. The summed E-state index contributed by atoms with van der Waals surface area (Å²) >= 11 is 8.82. The molecule has 0 bridgehead atoms. The Labute approximate surface area is 105 Å². The van der Waals surface area contributed by atoms with Gasteiger partial charge in [0.15, 0.2) is 5.82 Å². The number of aromatic nitrogens is 2. The van der Waals surface area contributed by atoms with E-state index < -0.39 is 5.82 Å². The van der Waals surface area contributed by atoms with Gasteiger partial charge < -0.3 is 5.73 Å². The van der Waals surface area contributed by atoms with Gasteiger partial charge in [0.05, 0.1) is 15.7 Å². The van der Waals surface area contributed by atoms with Gasteiger partial charge in [0, 0.05) is 18.2 Å². The summed E-state index contributed by atoms with van der Waals surface area (Å²) in [6, 6.07) is 3.19. The molecule has 16 heavy (non-hydrogen) atoms. The average molecular weight is 305 g/mol. The van der Waals surface area contributed by atoms with Crippen LogP contribution in [0.1, 0.15) is 0 Å². The van der Waals surface area contributed by atoms with Crippen molar-refractivity contribution < 1.29 is 4.39 Å². The van der Waals surface area contributed by atoms with E-state index in [2.05, 4.69) is 21.0 Å². The van der Waals surface area contributed by atoms with Crippen molar-refractivity contribution in [1.82, 2.24) is 9.78 Å². The second-order valence-corrected chi connectivity index (χ2v) is 4.49. The van der Waals surface area contributed by atoms with E-state index in [1.54, 1.807) is 19.3 Å². The number of aryl methyl sites for hydroxylation is 1. The van der Waals surface area contributed by atoms with Crippen LogP contribution >= 0.6 is 27.5 Å². The van der Waals surface area contributed by atoms with Gasteiger partial charge in [-0.25, -0.2) is 4.39 Å². The van der Waals surface area contributed by atoms with Gasteiger partial charge in [0.2, 0.25) is 0 Å². The third-order valence-corrected chi connectivity index (χ3v) is 3.38. The van der Waals surface area contributed by atoms with E-state index in [0.29, 0.717) is 21.4 Å². The highest BCUT2D eigenvalue weighted by molar-refractivity contribution is 9.10. The molecule has 2 aromatic rings. The van der Waals surface area contributed by atoms with Gasteiger partial charge in [-0.15, -0.1) is 0 Å². The summed E-state index contributed by atoms with van der Waals surface area (Å²) in [4.78, 5) is 0. The van der Waals surface area contributed by atoms with Crippen molar-refractivity contribution in [3.63, 3.8) is 0 Å². The molecule has 1 aromatic carbocycles. The minimum atomic E-state index is -0.498. The first kappa shape index (κ1) is 11.4. The minimum absolute atomic E-state index is 0.0677. The van der Waals surface area contributed by atoms with Crippen molar-refractivity contribution in [2.75, 3.05) is 5.73 Å². The number of rotatable bonds is 1. The highest BCUT2D eigenvalue weighted by Crippen LogP contribution is 2.36. The SMILES string of the molecule is Cn1ncc(-c2ccc(Cl)c(F)c2Br)c1N. The summed E-state index contributed by atoms with van der Waals surface area (Å²) in [6.45, 7) is 0. The molecule has 0 fully saturated rings. The number of hydrogen-bond donors (Lipinski definition) is 1. The van der Waals surface area contributed by atoms with Crippen molar-refractivity contribution in [3.8, 4) is 11.1 Å². The maximum atomic E-state index is 13.6. The predicted octanol–water partition coefficient (Wildman–Crippen LogP) is 3.22. The summed E-state index contributed by atoms with van der Waals surface area (Å²) in [5.74, 6) is -0.0233. The number of nitrogen functional groups attached to an aromatic ring is 1. The van der Waals surface area contributed by atoms with Crippen LogP contribution in [0.4, 0.5) is 10.2 Å². The van der Waals surface area contributed by atoms with Crippen molar-refractivity contribution in [2.24, 2.45) is 7.05 Å². The molecule has 3 nitrogen and oxygen atoms in total. The maximum Gasteiger partial charge on any atom is 0.156 e. The second kappa shape index (κ2) is 4.07. The standard InChI is InChI=1S/C10H8BrClFN3/c1-16-10(14)6(4-15-16)5-2-3-7(12)9(13)8(5)11/h2-4H,14H2,1H3. The zero-order chi connectivity index (χ0) is 11.9. The largest absolute Gasteiger partial charge is 0.383 e. The summed E-state index contributed by atoms with van der Waals surface area (Å²) in [6.07, 6.45) is 1.59. The van der Waals surface area contributed by atoms with Crippen molar-refractivity contribution >= 4 is 33.3 Å². The third-order valence-electron chi connectivity index (χ3n) is 2.31. The van der Waals surface area contributed by atoms with Crippen LogP contribution in [0.3, 0.4) is 0 Å². The number of nitrogens with two attached hydrogens (primary N) is 1. The molecule has 2 N–H and O–H groups in total. The lowest BCUT2D eigenvalue weighted by Crippen LogP contribution is -1.98. The Morgan fingerprint density at radius 3 is 2.69 bits per heavy atom. The van der Waals surface area contributed by atoms with E-state index in [0.717, 1.165) is 0 Å². The maximum absolute atomic E-state index is 13.6. The van der Waals surface area contributed by atoms with Gasteiger partial charge in [-0.3, -0.25) is 4.68 Å². The van der Waals surface area contributed by atoms with Gasteiger partial charge in [-0.1, -0.05) is 17.7 Å². The fraction of sp³-hybridized carbons (Fsp3) is 0.100. The van der Waals surface area contributed by atoms with Crippen LogP contribution in [0, 0.1) is 5.82 Å². The molecule has 0 saturated carbocycles. The Balaban J connectivity index is 2.66. The lowest BCUT2D eigenvalue weighted by molar-refractivity contribution is 0.622. The summed E-state index contributed by atoms with van der Waals surface area (Å²) in [5, 5.41) is 4.07. The molecule has 0 radical (unpaired) electrons. The summed E-state index contributed by atoms with van der Waals surface area (Å²) in [7, 11) is 1.72. The van der Waals surface area contributed by atoms with E-state index >= 15 is 0 Å². The van der Waals surface area contributed by atoms with Crippen LogP contribution in [-0.2, 0) is 7.05 Å². The molecule has 1 heterocycles. The van der Waals surface area contributed by atoms with Gasteiger partial charge in [0.1, 0.15) is 5.82 Å². The number of halogens is 3. The monoisotopic (exact) mass is 303 g/mol. The van der Waals surface area contributed by atoms with Gasteiger partial charge in [0.25, 0.3) is 0 Å². The van der Waals surface area contributed by atoms with E-state index in [4.69, 9.17) is 17.3 Å². The minimum Gasteiger partial charge on any atom is -0.383 e. The molecular formula is C10H8BrClFN3. The number of anilines is 1. The number of benzene rings is 1. The number of hydrogen-bond acceptors (Lipinski definition) is 2. The summed E-state index contributed by atoms with van der Waals surface area (Å²) in [5.41, 5.74) is 7.12.